The van der Waals surface area contributed by atoms with Gasteiger partial charge in [0.05, 0.1) is 6.54 Å². The van der Waals surface area contributed by atoms with Crippen molar-refractivity contribution in [3.05, 3.63) is 0 Å². The van der Waals surface area contributed by atoms with E-state index in [4.69, 9.17) is 5.73 Å². The number of nitrogens with one attached hydrogen (secondary N) is 1. The minimum absolute atomic E-state index is 0.197. The molecule has 1 aliphatic heterocycles. The number of likely N-dealkylation sites (tertiary alicyclic amines) is 1. The molecule has 4 heteroatoms. The van der Waals surface area contributed by atoms with Crippen LogP contribution in [0.5, 0.6) is 0 Å². The van der Waals surface area contributed by atoms with E-state index in [0.717, 1.165) is 38.3 Å². The average molecular weight is 267 g/mol. The highest BCUT2D eigenvalue weighted by atomic mass is 16.2. The second kappa shape index (κ2) is 6.71. The summed E-state index contributed by atoms with van der Waals surface area (Å²) in [6, 6.07) is 0.715. The van der Waals surface area contributed by atoms with Gasteiger partial charge in [-0.05, 0) is 43.9 Å². The van der Waals surface area contributed by atoms with Gasteiger partial charge in [0.15, 0.2) is 0 Å². The molecule has 0 aromatic carbocycles. The van der Waals surface area contributed by atoms with Crippen molar-refractivity contribution in [3.63, 3.8) is 0 Å². The SMILES string of the molecule is CC1CCC(NC(=O)CN2CCC(N)C(C)C2)CC1. The molecule has 19 heavy (non-hydrogen) atoms. The Morgan fingerprint density at radius 3 is 2.53 bits per heavy atom. The number of amides is 1. The maximum atomic E-state index is 12.1. The van der Waals surface area contributed by atoms with E-state index in [0.29, 0.717) is 24.5 Å². The zero-order chi connectivity index (χ0) is 13.8. The molecule has 1 amide bonds. The van der Waals surface area contributed by atoms with E-state index >= 15 is 0 Å². The van der Waals surface area contributed by atoms with Crippen molar-refractivity contribution >= 4 is 5.91 Å². The molecule has 2 fully saturated rings. The molecular weight excluding hydrogens is 238 g/mol. The second-order valence-electron chi connectivity index (χ2n) is 6.69. The standard InChI is InChI=1S/C15H29N3O/c1-11-3-5-13(6-4-11)17-15(19)10-18-8-7-14(16)12(2)9-18/h11-14H,3-10,16H2,1-2H3,(H,17,19). The molecule has 3 N–H and O–H groups in total. The number of piperidine rings is 1. The molecule has 1 saturated heterocycles. The summed E-state index contributed by atoms with van der Waals surface area (Å²) in [7, 11) is 0. The van der Waals surface area contributed by atoms with E-state index in [1.165, 1.54) is 12.8 Å². The third-order valence-electron chi connectivity index (χ3n) is 4.80. The van der Waals surface area contributed by atoms with Crippen LogP contribution in [0.4, 0.5) is 0 Å². The van der Waals surface area contributed by atoms with Gasteiger partial charge < -0.3 is 11.1 Å². The first-order chi connectivity index (χ1) is 9.04. The van der Waals surface area contributed by atoms with Crippen LogP contribution in [0.1, 0.15) is 46.0 Å². The van der Waals surface area contributed by atoms with Crippen LogP contribution >= 0.6 is 0 Å². The lowest BCUT2D eigenvalue weighted by molar-refractivity contribution is -0.123. The average Bonchev–Trinajstić information content (AvgIpc) is 2.37. The maximum Gasteiger partial charge on any atom is 0.234 e. The molecule has 4 nitrogen and oxygen atoms in total. The molecule has 2 rings (SSSR count). The second-order valence-corrected chi connectivity index (χ2v) is 6.69. The van der Waals surface area contributed by atoms with Crippen molar-refractivity contribution < 1.29 is 4.79 Å². The summed E-state index contributed by atoms with van der Waals surface area (Å²) in [6.07, 6.45) is 5.80. The molecule has 1 saturated carbocycles. The Balaban J connectivity index is 1.69. The minimum Gasteiger partial charge on any atom is -0.352 e. The summed E-state index contributed by atoms with van der Waals surface area (Å²) < 4.78 is 0. The summed E-state index contributed by atoms with van der Waals surface area (Å²) in [5.74, 6) is 1.52. The van der Waals surface area contributed by atoms with Gasteiger partial charge in [-0.3, -0.25) is 9.69 Å². The number of hydrogen-bond acceptors (Lipinski definition) is 3. The largest absolute Gasteiger partial charge is 0.352 e. The molecule has 0 aromatic heterocycles. The van der Waals surface area contributed by atoms with Gasteiger partial charge >= 0.3 is 0 Å². The zero-order valence-electron chi connectivity index (χ0n) is 12.4. The highest BCUT2D eigenvalue weighted by molar-refractivity contribution is 5.78. The fourth-order valence-electron chi connectivity index (χ4n) is 3.27. The Morgan fingerprint density at radius 2 is 1.89 bits per heavy atom. The molecule has 1 aliphatic carbocycles. The highest BCUT2D eigenvalue weighted by Crippen LogP contribution is 2.23. The van der Waals surface area contributed by atoms with Gasteiger partial charge in [0.1, 0.15) is 0 Å². The van der Waals surface area contributed by atoms with E-state index in [1.807, 2.05) is 0 Å². The van der Waals surface area contributed by atoms with Gasteiger partial charge in [-0.15, -0.1) is 0 Å². The lowest BCUT2D eigenvalue weighted by atomic mass is 9.87. The topological polar surface area (TPSA) is 58.4 Å². The number of hydrogen-bond donors (Lipinski definition) is 2. The Morgan fingerprint density at radius 1 is 1.21 bits per heavy atom. The number of carbonyl (C=O) groups excluding carboxylic acids is 1. The zero-order valence-corrected chi connectivity index (χ0v) is 12.4. The number of nitrogens with zero attached hydrogens (tertiary/aromatic N) is 1. The van der Waals surface area contributed by atoms with Gasteiger partial charge in [0.2, 0.25) is 5.91 Å². The minimum atomic E-state index is 0.197. The molecule has 2 atom stereocenters. The normalized spacial score (nSPS) is 37.0. The van der Waals surface area contributed by atoms with Gasteiger partial charge in [-0.25, -0.2) is 0 Å². The van der Waals surface area contributed by atoms with Crippen molar-refractivity contribution in [2.45, 2.75) is 58.0 Å². The first-order valence-electron chi connectivity index (χ1n) is 7.82. The molecule has 0 bridgehead atoms. The monoisotopic (exact) mass is 267 g/mol. The van der Waals surface area contributed by atoms with E-state index in [1.54, 1.807) is 0 Å². The maximum absolute atomic E-state index is 12.1. The van der Waals surface area contributed by atoms with Crippen LogP contribution in [-0.2, 0) is 4.79 Å². The molecule has 2 aliphatic rings. The first kappa shape index (κ1) is 14.8. The molecule has 2 unspecified atom stereocenters. The lowest BCUT2D eigenvalue weighted by Crippen LogP contribution is -2.50. The third kappa shape index (κ3) is 4.46. The Bertz CT molecular complexity index is 300. The van der Waals surface area contributed by atoms with Crippen LogP contribution in [-0.4, -0.2) is 42.5 Å². The Labute approximate surface area is 117 Å². The van der Waals surface area contributed by atoms with Crippen LogP contribution in [0.15, 0.2) is 0 Å². The smallest absolute Gasteiger partial charge is 0.234 e. The van der Waals surface area contributed by atoms with Gasteiger partial charge in [-0.2, -0.15) is 0 Å². The third-order valence-corrected chi connectivity index (χ3v) is 4.80. The Hall–Kier alpha value is -0.610. The van der Waals surface area contributed by atoms with Crippen LogP contribution in [0, 0.1) is 11.8 Å². The fraction of sp³-hybridized carbons (Fsp3) is 0.933. The number of carbonyl (C=O) groups is 1. The van der Waals surface area contributed by atoms with E-state index in [-0.39, 0.29) is 5.91 Å². The summed E-state index contributed by atoms with van der Waals surface area (Å²) >= 11 is 0. The lowest BCUT2D eigenvalue weighted by Gasteiger charge is -2.35. The van der Waals surface area contributed by atoms with Crippen molar-refractivity contribution in [1.82, 2.24) is 10.2 Å². The number of nitrogens with two attached hydrogens (primary N) is 1. The first-order valence-corrected chi connectivity index (χ1v) is 7.82. The van der Waals surface area contributed by atoms with E-state index in [9.17, 15) is 4.79 Å². The summed E-state index contributed by atoms with van der Waals surface area (Å²) in [5, 5.41) is 3.20. The van der Waals surface area contributed by atoms with E-state index in [2.05, 4.69) is 24.1 Å². The fourth-order valence-corrected chi connectivity index (χ4v) is 3.27. The molecule has 0 spiro atoms. The predicted molar refractivity (Wildman–Crippen MR) is 77.8 cm³/mol. The van der Waals surface area contributed by atoms with Gasteiger partial charge in [0.25, 0.3) is 0 Å². The Kier molecular flexibility index (Phi) is 5.22. The quantitative estimate of drug-likeness (QED) is 0.811. The van der Waals surface area contributed by atoms with Crippen molar-refractivity contribution in [2.75, 3.05) is 19.6 Å². The van der Waals surface area contributed by atoms with Gasteiger partial charge in [-0.1, -0.05) is 13.8 Å². The predicted octanol–water partition coefficient (Wildman–Crippen LogP) is 1.35. The van der Waals surface area contributed by atoms with E-state index < -0.39 is 0 Å². The highest BCUT2D eigenvalue weighted by Gasteiger charge is 2.25. The summed E-state index contributed by atoms with van der Waals surface area (Å²) in [6.45, 7) is 6.94. The van der Waals surface area contributed by atoms with Crippen LogP contribution in [0.2, 0.25) is 0 Å². The van der Waals surface area contributed by atoms with Crippen molar-refractivity contribution in [2.24, 2.45) is 17.6 Å². The molecule has 1 heterocycles. The molecule has 110 valence electrons. The van der Waals surface area contributed by atoms with Crippen molar-refractivity contribution in [3.8, 4) is 0 Å². The molecule has 0 radical (unpaired) electrons. The van der Waals surface area contributed by atoms with Gasteiger partial charge in [0, 0.05) is 25.2 Å². The summed E-state index contributed by atoms with van der Waals surface area (Å²) in [5.41, 5.74) is 6.01. The van der Waals surface area contributed by atoms with Crippen LogP contribution < -0.4 is 11.1 Å². The van der Waals surface area contributed by atoms with Crippen LogP contribution in [0.25, 0.3) is 0 Å². The molecule has 0 aromatic rings. The van der Waals surface area contributed by atoms with Crippen molar-refractivity contribution in [1.29, 1.82) is 0 Å². The number of rotatable bonds is 3. The van der Waals surface area contributed by atoms with Crippen LogP contribution in [0.3, 0.4) is 0 Å². The molecular formula is C15H29N3O. The summed E-state index contributed by atoms with van der Waals surface area (Å²) in [4.78, 5) is 14.3.